The van der Waals surface area contributed by atoms with Gasteiger partial charge < -0.3 is 9.47 Å². The molecule has 3 N–H and O–H groups in total. The Morgan fingerprint density at radius 2 is 1.71 bits per heavy atom. The first kappa shape index (κ1) is 14.5. The summed E-state index contributed by atoms with van der Waals surface area (Å²) in [5.74, 6) is 4.58. The summed E-state index contributed by atoms with van der Waals surface area (Å²) in [5, 5.41) is 0. The predicted molar refractivity (Wildman–Crippen MR) is 76.0 cm³/mol. The van der Waals surface area contributed by atoms with Crippen LogP contribution in [0.2, 0.25) is 0 Å². The molecule has 2 rings (SSSR count). The number of hydrogen-bond acceptors (Lipinski definition) is 5. The van der Waals surface area contributed by atoms with Crippen LogP contribution in [0.5, 0.6) is 11.5 Å². The van der Waals surface area contributed by atoms with Crippen LogP contribution in [0, 0.1) is 0 Å². The van der Waals surface area contributed by atoms with Crippen LogP contribution < -0.4 is 20.7 Å². The first-order chi connectivity index (χ1) is 10.2. The molecule has 0 heterocycles. The number of nitrogens with two attached hydrogens (primary N) is 1. The number of hydrazine groups is 1. The van der Waals surface area contributed by atoms with Crippen molar-refractivity contribution in [3.05, 3.63) is 59.7 Å². The second-order valence-corrected chi connectivity index (χ2v) is 4.09. The number of carbonyl (C=O) groups is 2. The van der Waals surface area contributed by atoms with E-state index in [4.69, 9.17) is 15.3 Å². The molecule has 108 valence electrons. The van der Waals surface area contributed by atoms with E-state index in [-0.39, 0.29) is 11.5 Å². The van der Waals surface area contributed by atoms with E-state index >= 15 is 0 Å². The Morgan fingerprint density at radius 3 is 2.33 bits per heavy atom. The van der Waals surface area contributed by atoms with Gasteiger partial charge in [-0.1, -0.05) is 18.2 Å². The molecule has 0 bridgehead atoms. The summed E-state index contributed by atoms with van der Waals surface area (Å²) in [6.45, 7) is 0. The van der Waals surface area contributed by atoms with Gasteiger partial charge >= 0.3 is 5.97 Å². The van der Waals surface area contributed by atoms with Crippen molar-refractivity contribution in [1.82, 2.24) is 5.43 Å². The maximum absolute atomic E-state index is 12.0. The summed E-state index contributed by atoms with van der Waals surface area (Å²) < 4.78 is 10.4. The van der Waals surface area contributed by atoms with Gasteiger partial charge in [0.15, 0.2) is 11.5 Å². The Bertz CT molecular complexity index is 656. The zero-order chi connectivity index (χ0) is 15.2. The van der Waals surface area contributed by atoms with Crippen molar-refractivity contribution in [2.45, 2.75) is 0 Å². The van der Waals surface area contributed by atoms with Gasteiger partial charge in [0.2, 0.25) is 0 Å². The quantitative estimate of drug-likeness (QED) is 0.292. The average Bonchev–Trinajstić information content (AvgIpc) is 2.55. The van der Waals surface area contributed by atoms with Crippen molar-refractivity contribution in [3.8, 4) is 11.5 Å². The normalized spacial score (nSPS) is 9.81. The molecule has 0 aliphatic carbocycles. The highest BCUT2D eigenvalue weighted by Gasteiger charge is 2.14. The molecule has 0 aliphatic rings. The lowest BCUT2D eigenvalue weighted by Gasteiger charge is -2.10. The Kier molecular flexibility index (Phi) is 4.53. The average molecular weight is 286 g/mol. The lowest BCUT2D eigenvalue weighted by atomic mass is 10.2. The van der Waals surface area contributed by atoms with Crippen molar-refractivity contribution < 1.29 is 19.1 Å². The predicted octanol–water partition coefficient (Wildman–Crippen LogP) is 1.52. The van der Waals surface area contributed by atoms with Gasteiger partial charge in [0.05, 0.1) is 12.7 Å². The Labute approximate surface area is 121 Å². The molecule has 0 spiro atoms. The van der Waals surface area contributed by atoms with Crippen molar-refractivity contribution in [1.29, 1.82) is 0 Å². The number of esters is 1. The minimum atomic E-state index is -0.509. The smallest absolute Gasteiger partial charge is 0.343 e. The molecule has 0 fully saturated rings. The highest BCUT2D eigenvalue weighted by Crippen LogP contribution is 2.28. The van der Waals surface area contributed by atoms with Crippen molar-refractivity contribution >= 4 is 11.9 Å². The van der Waals surface area contributed by atoms with E-state index in [0.717, 1.165) is 0 Å². The highest BCUT2D eigenvalue weighted by molar-refractivity contribution is 5.95. The van der Waals surface area contributed by atoms with Crippen LogP contribution in [0.3, 0.4) is 0 Å². The number of nitrogen functional groups attached to an aromatic ring is 1. The first-order valence-corrected chi connectivity index (χ1v) is 6.12. The first-order valence-electron chi connectivity index (χ1n) is 6.12. The molecule has 1 amide bonds. The summed E-state index contributed by atoms with van der Waals surface area (Å²) in [5.41, 5.74) is 2.74. The molecule has 0 aromatic heterocycles. The third-order valence-corrected chi connectivity index (χ3v) is 2.77. The van der Waals surface area contributed by atoms with E-state index in [1.54, 1.807) is 30.3 Å². The van der Waals surface area contributed by atoms with E-state index in [0.29, 0.717) is 11.1 Å². The maximum atomic E-state index is 12.0. The van der Waals surface area contributed by atoms with Gasteiger partial charge in [-0.25, -0.2) is 10.6 Å². The van der Waals surface area contributed by atoms with Gasteiger partial charge in [-0.15, -0.1) is 0 Å². The van der Waals surface area contributed by atoms with Crippen molar-refractivity contribution in [3.63, 3.8) is 0 Å². The molecular formula is C15H14N2O4. The van der Waals surface area contributed by atoms with Crippen LogP contribution in [0.25, 0.3) is 0 Å². The number of amides is 1. The fraction of sp³-hybridized carbons (Fsp3) is 0.0667. The molecule has 6 nitrogen and oxygen atoms in total. The molecule has 21 heavy (non-hydrogen) atoms. The second-order valence-electron chi connectivity index (χ2n) is 4.09. The molecular weight excluding hydrogens is 272 g/mol. The number of benzene rings is 2. The number of ether oxygens (including phenoxy) is 2. The van der Waals surface area contributed by atoms with E-state index in [9.17, 15) is 9.59 Å². The molecule has 0 radical (unpaired) electrons. The highest BCUT2D eigenvalue weighted by atomic mass is 16.6. The monoisotopic (exact) mass is 286 g/mol. The number of hydrogen-bond donors (Lipinski definition) is 2. The lowest BCUT2D eigenvalue weighted by Crippen LogP contribution is -2.29. The number of nitrogens with one attached hydrogen (secondary N) is 1. The maximum Gasteiger partial charge on any atom is 0.343 e. The molecule has 0 aliphatic heterocycles. The van der Waals surface area contributed by atoms with Crippen LogP contribution in [0.15, 0.2) is 48.5 Å². The van der Waals surface area contributed by atoms with Gasteiger partial charge in [0, 0.05) is 5.56 Å². The Morgan fingerprint density at radius 1 is 1.00 bits per heavy atom. The number of methoxy groups -OCH3 is 1. The summed E-state index contributed by atoms with van der Waals surface area (Å²) in [6, 6.07) is 13.0. The van der Waals surface area contributed by atoms with Gasteiger partial charge in [0.25, 0.3) is 5.91 Å². The van der Waals surface area contributed by atoms with E-state index in [1.165, 1.54) is 25.3 Å². The number of carbonyl (C=O) groups excluding carboxylic acids is 2. The molecule has 0 unspecified atom stereocenters. The minimum absolute atomic E-state index is 0.222. The van der Waals surface area contributed by atoms with E-state index in [2.05, 4.69) is 0 Å². The van der Waals surface area contributed by atoms with Crippen LogP contribution in [0.4, 0.5) is 0 Å². The third kappa shape index (κ3) is 3.37. The van der Waals surface area contributed by atoms with Crippen molar-refractivity contribution in [2.75, 3.05) is 7.11 Å². The summed E-state index contributed by atoms with van der Waals surface area (Å²) in [6.07, 6.45) is 0. The molecule has 0 atom stereocenters. The van der Waals surface area contributed by atoms with Crippen molar-refractivity contribution in [2.24, 2.45) is 5.84 Å². The molecule has 2 aromatic carbocycles. The fourth-order valence-corrected chi connectivity index (χ4v) is 1.71. The Hall–Kier alpha value is -2.86. The van der Waals surface area contributed by atoms with Gasteiger partial charge in [-0.05, 0) is 30.3 Å². The summed E-state index contributed by atoms with van der Waals surface area (Å²) >= 11 is 0. The topological polar surface area (TPSA) is 90.7 Å². The number of rotatable bonds is 4. The van der Waals surface area contributed by atoms with Crippen LogP contribution in [0.1, 0.15) is 20.7 Å². The summed E-state index contributed by atoms with van der Waals surface area (Å²) in [7, 11) is 1.42. The van der Waals surface area contributed by atoms with Crippen LogP contribution in [-0.4, -0.2) is 19.0 Å². The lowest BCUT2D eigenvalue weighted by molar-refractivity contribution is 0.0729. The standard InChI is InChI=1S/C15H14N2O4/c1-20-13-9-11(14(18)17-16)7-8-12(13)21-15(19)10-5-3-2-4-6-10/h2-9H,16H2,1H3,(H,17,18). The molecule has 2 aromatic rings. The van der Waals surface area contributed by atoms with E-state index < -0.39 is 11.9 Å². The zero-order valence-electron chi connectivity index (χ0n) is 11.3. The third-order valence-electron chi connectivity index (χ3n) is 2.77. The van der Waals surface area contributed by atoms with Gasteiger partial charge in [0.1, 0.15) is 0 Å². The van der Waals surface area contributed by atoms with E-state index in [1.807, 2.05) is 5.43 Å². The minimum Gasteiger partial charge on any atom is -0.493 e. The summed E-state index contributed by atoms with van der Waals surface area (Å²) in [4.78, 5) is 23.4. The Balaban J connectivity index is 2.24. The van der Waals surface area contributed by atoms with Gasteiger partial charge in [-0.2, -0.15) is 0 Å². The van der Waals surface area contributed by atoms with Crippen LogP contribution >= 0.6 is 0 Å². The molecule has 0 saturated carbocycles. The van der Waals surface area contributed by atoms with Crippen LogP contribution in [-0.2, 0) is 0 Å². The SMILES string of the molecule is COc1cc(C(=O)NN)ccc1OC(=O)c1ccccc1. The fourth-order valence-electron chi connectivity index (χ4n) is 1.71. The molecule has 6 heteroatoms. The zero-order valence-corrected chi connectivity index (χ0v) is 11.3. The second kappa shape index (κ2) is 6.53. The molecule has 0 saturated heterocycles. The van der Waals surface area contributed by atoms with Gasteiger partial charge in [-0.3, -0.25) is 10.2 Å². The largest absolute Gasteiger partial charge is 0.493 e.